The first kappa shape index (κ1) is 14.8. The van der Waals surface area contributed by atoms with E-state index in [2.05, 4.69) is 46.5 Å². The van der Waals surface area contributed by atoms with Crippen LogP contribution in [0.4, 0.5) is 0 Å². The molecule has 1 aromatic carbocycles. The third kappa shape index (κ3) is 2.80. The highest BCUT2D eigenvalue weighted by Crippen LogP contribution is 2.42. The van der Waals surface area contributed by atoms with E-state index >= 15 is 0 Å². The number of rotatable bonds is 4. The Labute approximate surface area is 136 Å². The summed E-state index contributed by atoms with van der Waals surface area (Å²) in [5, 5.41) is 6.53. The van der Waals surface area contributed by atoms with Gasteiger partial charge in [-0.15, -0.1) is 11.3 Å². The third-order valence-corrected chi connectivity index (χ3v) is 4.97. The van der Waals surface area contributed by atoms with Gasteiger partial charge in [0.1, 0.15) is 5.01 Å². The summed E-state index contributed by atoms with van der Waals surface area (Å²) in [6.07, 6.45) is 0. The van der Waals surface area contributed by atoms with Gasteiger partial charge in [0.25, 0.3) is 0 Å². The zero-order valence-electron chi connectivity index (χ0n) is 12.1. The summed E-state index contributed by atoms with van der Waals surface area (Å²) in [7, 11) is 1.94. The van der Waals surface area contributed by atoms with Gasteiger partial charge in [-0.1, -0.05) is 13.8 Å². The lowest BCUT2D eigenvalue weighted by molar-refractivity contribution is 0.173. The van der Waals surface area contributed by atoms with Gasteiger partial charge in [0.2, 0.25) is 6.79 Å². The minimum absolute atomic E-state index is 0.0494. The van der Waals surface area contributed by atoms with E-state index in [-0.39, 0.29) is 12.8 Å². The smallest absolute Gasteiger partial charge is 0.231 e. The molecule has 112 valence electrons. The fourth-order valence-electron chi connectivity index (χ4n) is 2.29. The third-order valence-electron chi connectivity index (χ3n) is 3.45. The molecule has 2 heterocycles. The van der Waals surface area contributed by atoms with E-state index < -0.39 is 0 Å². The zero-order valence-corrected chi connectivity index (χ0v) is 14.5. The summed E-state index contributed by atoms with van der Waals surface area (Å²) in [4.78, 5) is 4.75. The average Bonchev–Trinajstić information content (AvgIpc) is 3.08. The minimum Gasteiger partial charge on any atom is -0.454 e. The van der Waals surface area contributed by atoms with Crippen LogP contribution in [0.3, 0.4) is 0 Å². The number of nitrogens with zero attached hydrogens (tertiary/aromatic N) is 1. The van der Waals surface area contributed by atoms with Crippen LogP contribution in [0.15, 0.2) is 22.0 Å². The van der Waals surface area contributed by atoms with Gasteiger partial charge in [-0.2, -0.15) is 0 Å². The van der Waals surface area contributed by atoms with Crippen molar-refractivity contribution in [3.63, 3.8) is 0 Å². The first-order valence-electron chi connectivity index (χ1n) is 6.81. The quantitative estimate of drug-likeness (QED) is 0.883. The molecule has 0 spiro atoms. The monoisotopic (exact) mass is 368 g/mol. The molecule has 0 bridgehead atoms. The molecule has 1 N–H and O–H groups in total. The van der Waals surface area contributed by atoms with E-state index in [1.54, 1.807) is 11.3 Å². The van der Waals surface area contributed by atoms with Gasteiger partial charge in [-0.25, -0.2) is 4.98 Å². The molecule has 6 heteroatoms. The van der Waals surface area contributed by atoms with Gasteiger partial charge in [-0.05, 0) is 46.6 Å². The molecule has 0 aliphatic carbocycles. The van der Waals surface area contributed by atoms with Crippen LogP contribution >= 0.6 is 27.3 Å². The summed E-state index contributed by atoms with van der Waals surface area (Å²) < 4.78 is 11.8. The second kappa shape index (κ2) is 5.94. The van der Waals surface area contributed by atoms with Crippen molar-refractivity contribution in [1.82, 2.24) is 10.3 Å². The normalized spacial score (nSPS) is 14.7. The van der Waals surface area contributed by atoms with Gasteiger partial charge in [-0.3, -0.25) is 0 Å². The van der Waals surface area contributed by atoms with Crippen LogP contribution in [-0.4, -0.2) is 18.8 Å². The predicted octanol–water partition coefficient (Wildman–Crippen LogP) is 4.07. The molecule has 21 heavy (non-hydrogen) atoms. The van der Waals surface area contributed by atoms with E-state index in [1.807, 2.05) is 13.1 Å². The van der Waals surface area contributed by atoms with Crippen LogP contribution < -0.4 is 14.8 Å². The summed E-state index contributed by atoms with van der Waals surface area (Å²) in [5.74, 6) is 1.99. The summed E-state index contributed by atoms with van der Waals surface area (Å²) in [6, 6.07) is 4.13. The van der Waals surface area contributed by atoms with E-state index in [0.29, 0.717) is 5.92 Å². The Balaban J connectivity index is 1.98. The topological polar surface area (TPSA) is 43.4 Å². The van der Waals surface area contributed by atoms with Crippen LogP contribution in [0.2, 0.25) is 0 Å². The van der Waals surface area contributed by atoms with Crippen molar-refractivity contribution in [3.05, 3.63) is 38.3 Å². The highest BCUT2D eigenvalue weighted by molar-refractivity contribution is 9.10. The lowest BCUT2D eigenvalue weighted by atomic mass is 10.1. The summed E-state index contributed by atoms with van der Waals surface area (Å²) in [5.41, 5.74) is 2.24. The molecule has 1 aliphatic heterocycles. The maximum absolute atomic E-state index is 5.50. The van der Waals surface area contributed by atoms with Crippen LogP contribution in [0.1, 0.15) is 42.1 Å². The molecule has 4 nitrogen and oxygen atoms in total. The van der Waals surface area contributed by atoms with Crippen molar-refractivity contribution in [3.8, 4) is 11.5 Å². The van der Waals surface area contributed by atoms with Crippen LogP contribution in [0.5, 0.6) is 11.5 Å². The zero-order chi connectivity index (χ0) is 15.0. The molecular weight excluding hydrogens is 352 g/mol. The predicted molar refractivity (Wildman–Crippen MR) is 87.4 cm³/mol. The van der Waals surface area contributed by atoms with Crippen molar-refractivity contribution in [2.75, 3.05) is 13.8 Å². The van der Waals surface area contributed by atoms with Crippen molar-refractivity contribution in [2.24, 2.45) is 0 Å². The number of fused-ring (bicyclic) bond motifs is 1. The van der Waals surface area contributed by atoms with E-state index in [0.717, 1.165) is 32.2 Å². The molecule has 0 radical (unpaired) electrons. The Morgan fingerprint density at radius 2 is 2.14 bits per heavy atom. The maximum Gasteiger partial charge on any atom is 0.231 e. The maximum atomic E-state index is 5.50. The van der Waals surface area contributed by atoms with E-state index in [4.69, 9.17) is 14.5 Å². The average molecular weight is 369 g/mol. The van der Waals surface area contributed by atoms with Crippen LogP contribution in [0.25, 0.3) is 0 Å². The van der Waals surface area contributed by atoms with Gasteiger partial charge in [0, 0.05) is 5.38 Å². The molecule has 0 amide bonds. The molecular formula is C15H17BrN2O2S. The first-order chi connectivity index (χ1) is 10.1. The van der Waals surface area contributed by atoms with Crippen LogP contribution in [-0.2, 0) is 0 Å². The molecule has 2 aromatic rings. The van der Waals surface area contributed by atoms with Gasteiger partial charge in [0.05, 0.1) is 16.2 Å². The molecule has 0 saturated carbocycles. The highest BCUT2D eigenvalue weighted by Gasteiger charge is 2.23. The Bertz CT molecular complexity index is 657. The fourth-order valence-corrected chi connectivity index (χ4v) is 3.97. The second-order valence-electron chi connectivity index (χ2n) is 5.22. The number of nitrogens with one attached hydrogen (secondary N) is 1. The molecule has 3 rings (SSSR count). The van der Waals surface area contributed by atoms with Crippen LogP contribution in [0, 0.1) is 0 Å². The molecule has 0 saturated heterocycles. The van der Waals surface area contributed by atoms with Crippen molar-refractivity contribution in [2.45, 2.75) is 25.8 Å². The van der Waals surface area contributed by atoms with E-state index in [9.17, 15) is 0 Å². The van der Waals surface area contributed by atoms with Gasteiger partial charge >= 0.3 is 0 Å². The number of benzene rings is 1. The van der Waals surface area contributed by atoms with Gasteiger partial charge < -0.3 is 14.8 Å². The molecule has 0 fully saturated rings. The molecule has 1 aliphatic rings. The molecule has 1 atom stereocenters. The Kier molecular flexibility index (Phi) is 4.19. The number of halogens is 1. The first-order valence-corrected chi connectivity index (χ1v) is 8.49. The van der Waals surface area contributed by atoms with Gasteiger partial charge in [0.15, 0.2) is 11.5 Å². The highest BCUT2D eigenvalue weighted by atomic mass is 79.9. The Morgan fingerprint density at radius 1 is 1.33 bits per heavy atom. The van der Waals surface area contributed by atoms with Crippen molar-refractivity contribution in [1.29, 1.82) is 0 Å². The SMILES string of the molecule is CNC(c1cc(Br)c2c(c1)OCO2)c1nc(C(C)C)cs1. The fraction of sp³-hybridized carbons (Fsp3) is 0.400. The standard InChI is InChI=1S/C15H17BrN2O2S/c1-8(2)11-6-21-15(18-11)13(17-3)9-4-10(16)14-12(5-9)19-7-20-14/h4-6,8,13,17H,7H2,1-3H3. The molecule has 1 unspecified atom stereocenters. The summed E-state index contributed by atoms with van der Waals surface area (Å²) >= 11 is 5.23. The Morgan fingerprint density at radius 3 is 2.81 bits per heavy atom. The molecule has 1 aromatic heterocycles. The lowest BCUT2D eigenvalue weighted by Gasteiger charge is -2.15. The summed E-state index contributed by atoms with van der Waals surface area (Å²) in [6.45, 7) is 4.59. The van der Waals surface area contributed by atoms with Crippen molar-refractivity contribution < 1.29 is 9.47 Å². The van der Waals surface area contributed by atoms with Crippen molar-refractivity contribution >= 4 is 27.3 Å². The number of hydrogen-bond acceptors (Lipinski definition) is 5. The largest absolute Gasteiger partial charge is 0.454 e. The van der Waals surface area contributed by atoms with E-state index in [1.165, 1.54) is 0 Å². The lowest BCUT2D eigenvalue weighted by Crippen LogP contribution is -2.17. The second-order valence-corrected chi connectivity index (χ2v) is 6.97. The number of thiazole rings is 1. The minimum atomic E-state index is 0.0494. The number of aromatic nitrogens is 1. The Hall–Kier alpha value is -1.11. The number of ether oxygens (including phenoxy) is 2. The number of hydrogen-bond donors (Lipinski definition) is 1.